The molecule has 0 atom stereocenters. The number of nitrogens with zero attached hydrogens (tertiary/aromatic N) is 2. The SMILES string of the molecule is COc1ccccc1C(=O)Nc1ccc(-c2cc(C3CCC3)n(C(=O)NCc3ccc(F)cc3)n2)c(O)c1. The van der Waals surface area contributed by atoms with Crippen molar-refractivity contribution >= 4 is 17.6 Å². The summed E-state index contributed by atoms with van der Waals surface area (Å²) in [5, 5.41) is 20.9. The van der Waals surface area contributed by atoms with E-state index < -0.39 is 6.03 Å². The van der Waals surface area contributed by atoms with Crippen LogP contribution in [0.4, 0.5) is 14.9 Å². The predicted octanol–water partition coefficient (Wildman–Crippen LogP) is 5.68. The number of anilines is 1. The van der Waals surface area contributed by atoms with E-state index in [1.54, 1.807) is 48.5 Å². The van der Waals surface area contributed by atoms with Crippen LogP contribution in [0.15, 0.2) is 72.8 Å². The molecule has 1 aliphatic carbocycles. The quantitative estimate of drug-likeness (QED) is 0.294. The molecule has 1 heterocycles. The van der Waals surface area contributed by atoms with Crippen LogP contribution in [0.1, 0.15) is 46.8 Å². The van der Waals surface area contributed by atoms with Crippen LogP contribution in [0.3, 0.4) is 0 Å². The van der Waals surface area contributed by atoms with E-state index in [2.05, 4.69) is 15.7 Å². The summed E-state index contributed by atoms with van der Waals surface area (Å²) in [6.07, 6.45) is 2.99. The molecule has 1 saturated carbocycles. The van der Waals surface area contributed by atoms with Gasteiger partial charge >= 0.3 is 6.03 Å². The lowest BCUT2D eigenvalue weighted by molar-refractivity contribution is 0.102. The van der Waals surface area contributed by atoms with Gasteiger partial charge in [0.1, 0.15) is 17.3 Å². The predicted molar refractivity (Wildman–Crippen MR) is 141 cm³/mol. The highest BCUT2D eigenvalue weighted by Gasteiger charge is 2.27. The zero-order valence-electron chi connectivity index (χ0n) is 20.8. The van der Waals surface area contributed by atoms with Crippen LogP contribution in [0, 0.1) is 5.82 Å². The first kappa shape index (κ1) is 25.0. The number of halogens is 1. The number of amides is 2. The van der Waals surface area contributed by atoms with Crippen molar-refractivity contribution in [3.63, 3.8) is 0 Å². The number of nitrogens with one attached hydrogen (secondary N) is 2. The minimum absolute atomic E-state index is 0.0839. The van der Waals surface area contributed by atoms with Crippen molar-refractivity contribution in [2.45, 2.75) is 31.7 Å². The largest absolute Gasteiger partial charge is 0.507 e. The van der Waals surface area contributed by atoms with Crippen molar-refractivity contribution in [2.24, 2.45) is 0 Å². The van der Waals surface area contributed by atoms with Crippen molar-refractivity contribution < 1.29 is 23.8 Å². The Morgan fingerprint density at radius 2 is 1.84 bits per heavy atom. The molecule has 0 saturated heterocycles. The average Bonchev–Trinajstić information content (AvgIpc) is 3.31. The number of phenolic OH excluding ortho intramolecular Hbond substituents is 1. The van der Waals surface area contributed by atoms with Gasteiger partial charge in [-0.15, -0.1) is 0 Å². The fourth-order valence-corrected chi connectivity index (χ4v) is 4.40. The number of methoxy groups -OCH3 is 1. The Morgan fingerprint density at radius 1 is 1.08 bits per heavy atom. The van der Waals surface area contributed by atoms with E-state index in [0.29, 0.717) is 28.3 Å². The number of para-hydroxylation sites is 1. The molecule has 0 aliphatic heterocycles. The Hall–Kier alpha value is -4.66. The van der Waals surface area contributed by atoms with E-state index in [1.165, 1.54) is 30.0 Å². The number of ether oxygens (including phenoxy) is 1. The molecule has 9 heteroatoms. The molecule has 0 spiro atoms. The van der Waals surface area contributed by atoms with Crippen molar-refractivity contribution in [3.05, 3.63) is 95.4 Å². The monoisotopic (exact) mass is 514 g/mol. The maximum Gasteiger partial charge on any atom is 0.342 e. The number of carbonyl (C=O) groups excluding carboxylic acids is 2. The highest BCUT2D eigenvalue weighted by atomic mass is 19.1. The maximum absolute atomic E-state index is 13.2. The molecule has 0 unspecified atom stereocenters. The van der Waals surface area contributed by atoms with Crippen molar-refractivity contribution in [3.8, 4) is 22.8 Å². The van der Waals surface area contributed by atoms with Gasteiger partial charge in [0.05, 0.1) is 24.1 Å². The van der Waals surface area contributed by atoms with Gasteiger partial charge in [0.25, 0.3) is 5.91 Å². The van der Waals surface area contributed by atoms with Crippen molar-refractivity contribution in [1.82, 2.24) is 15.1 Å². The van der Waals surface area contributed by atoms with Crippen molar-refractivity contribution in [1.29, 1.82) is 0 Å². The van der Waals surface area contributed by atoms with E-state index in [0.717, 1.165) is 30.5 Å². The van der Waals surface area contributed by atoms with Gasteiger partial charge in [0, 0.05) is 29.8 Å². The zero-order valence-corrected chi connectivity index (χ0v) is 20.8. The Labute approximate surface area is 219 Å². The fourth-order valence-electron chi connectivity index (χ4n) is 4.40. The van der Waals surface area contributed by atoms with E-state index in [4.69, 9.17) is 4.74 Å². The number of carbonyl (C=O) groups is 2. The number of benzene rings is 3. The zero-order chi connectivity index (χ0) is 26.6. The van der Waals surface area contributed by atoms with E-state index in [9.17, 15) is 19.1 Å². The van der Waals surface area contributed by atoms with E-state index in [-0.39, 0.29) is 29.9 Å². The van der Waals surface area contributed by atoms with Crippen LogP contribution in [0.25, 0.3) is 11.3 Å². The smallest absolute Gasteiger partial charge is 0.342 e. The van der Waals surface area contributed by atoms with Gasteiger partial charge in [-0.2, -0.15) is 9.78 Å². The highest BCUT2D eigenvalue weighted by Crippen LogP contribution is 2.39. The molecule has 1 aromatic heterocycles. The lowest BCUT2D eigenvalue weighted by Gasteiger charge is -2.25. The molecule has 1 aliphatic rings. The Bertz CT molecular complexity index is 1480. The molecule has 8 nitrogen and oxygen atoms in total. The first-order chi connectivity index (χ1) is 18.4. The summed E-state index contributed by atoms with van der Waals surface area (Å²) in [5.74, 6) is -0.149. The number of rotatable bonds is 7. The molecule has 2 amide bonds. The summed E-state index contributed by atoms with van der Waals surface area (Å²) in [5.41, 5.74) is 3.19. The van der Waals surface area contributed by atoms with Crippen LogP contribution in [0.5, 0.6) is 11.5 Å². The molecular formula is C29H27FN4O4. The second-order valence-electron chi connectivity index (χ2n) is 9.17. The fraction of sp³-hybridized carbons (Fsp3) is 0.207. The lowest BCUT2D eigenvalue weighted by Crippen LogP contribution is -2.31. The molecule has 1 fully saturated rings. The first-order valence-electron chi connectivity index (χ1n) is 12.3. The third kappa shape index (κ3) is 5.22. The number of aromatic nitrogens is 2. The van der Waals surface area contributed by atoms with Gasteiger partial charge in [0.2, 0.25) is 0 Å². The van der Waals surface area contributed by atoms with Gasteiger partial charge in [0.15, 0.2) is 0 Å². The minimum Gasteiger partial charge on any atom is -0.507 e. The second kappa shape index (κ2) is 10.8. The number of aromatic hydroxyl groups is 1. The van der Waals surface area contributed by atoms with E-state index in [1.807, 2.05) is 6.07 Å². The van der Waals surface area contributed by atoms with Gasteiger partial charge in [-0.05, 0) is 60.9 Å². The summed E-state index contributed by atoms with van der Waals surface area (Å²) < 4.78 is 19.8. The summed E-state index contributed by atoms with van der Waals surface area (Å²) in [7, 11) is 1.49. The average molecular weight is 515 g/mol. The van der Waals surface area contributed by atoms with Crippen LogP contribution < -0.4 is 15.4 Å². The number of phenols is 1. The van der Waals surface area contributed by atoms with Crippen LogP contribution >= 0.6 is 0 Å². The Morgan fingerprint density at radius 3 is 2.53 bits per heavy atom. The molecular weight excluding hydrogens is 487 g/mol. The van der Waals surface area contributed by atoms with Gasteiger partial charge in [-0.1, -0.05) is 30.7 Å². The third-order valence-electron chi connectivity index (χ3n) is 6.69. The maximum atomic E-state index is 13.2. The minimum atomic E-state index is -0.400. The molecule has 4 aromatic rings. The molecule has 38 heavy (non-hydrogen) atoms. The third-order valence-corrected chi connectivity index (χ3v) is 6.69. The summed E-state index contributed by atoms with van der Waals surface area (Å²) in [6.45, 7) is 0.226. The lowest BCUT2D eigenvalue weighted by atomic mass is 9.82. The molecule has 0 radical (unpaired) electrons. The normalized spacial score (nSPS) is 13.0. The molecule has 3 aromatic carbocycles. The summed E-state index contributed by atoms with van der Waals surface area (Å²) >= 11 is 0. The molecule has 3 N–H and O–H groups in total. The van der Waals surface area contributed by atoms with Gasteiger partial charge in [-0.25, -0.2) is 9.18 Å². The van der Waals surface area contributed by atoms with Crippen LogP contribution in [-0.2, 0) is 6.54 Å². The van der Waals surface area contributed by atoms with Crippen molar-refractivity contribution in [2.75, 3.05) is 12.4 Å². The van der Waals surface area contributed by atoms with Crippen LogP contribution in [0.2, 0.25) is 0 Å². The second-order valence-corrected chi connectivity index (χ2v) is 9.17. The molecule has 0 bridgehead atoms. The van der Waals surface area contributed by atoms with Crippen LogP contribution in [-0.4, -0.2) is 33.9 Å². The first-order valence-corrected chi connectivity index (χ1v) is 12.3. The summed E-state index contributed by atoms with van der Waals surface area (Å²) in [6, 6.07) is 19.0. The summed E-state index contributed by atoms with van der Waals surface area (Å²) in [4.78, 5) is 25.8. The van der Waals surface area contributed by atoms with Gasteiger partial charge < -0.3 is 20.5 Å². The Kier molecular flexibility index (Phi) is 7.08. The highest BCUT2D eigenvalue weighted by molar-refractivity contribution is 6.06. The molecule has 5 rings (SSSR count). The standard InChI is InChI=1S/C29H27FN4O4/c1-38-27-8-3-2-7-23(27)28(36)32-21-13-14-22(26(35)15-21)24-16-25(19-5-4-6-19)34(33-24)29(37)31-17-18-9-11-20(30)12-10-18/h2-3,7-16,19,35H,4-6,17H2,1H3,(H,31,37)(H,32,36). The topological polar surface area (TPSA) is 105 Å². The number of hydrogen-bond acceptors (Lipinski definition) is 5. The van der Waals surface area contributed by atoms with Gasteiger partial charge in [-0.3, -0.25) is 4.79 Å². The Balaban J connectivity index is 1.36. The van der Waals surface area contributed by atoms with E-state index >= 15 is 0 Å². The number of hydrogen-bond donors (Lipinski definition) is 3. The molecule has 194 valence electrons.